The van der Waals surface area contributed by atoms with Gasteiger partial charge >= 0.3 is 0 Å². The number of aromatic nitrogens is 2. The number of hydrogen-bond donors (Lipinski definition) is 2. The SMILES string of the molecule is O=c1[nH]cnc2cc(N3CCN(c4ccc(O)cc4)CC3)c([N+](=O)[O-])cc12. The molecule has 0 amide bonds. The summed E-state index contributed by atoms with van der Waals surface area (Å²) < 4.78 is 0. The highest BCUT2D eigenvalue weighted by atomic mass is 16.6. The minimum absolute atomic E-state index is 0.0981. The third-order valence-corrected chi connectivity index (χ3v) is 4.77. The van der Waals surface area contributed by atoms with E-state index in [2.05, 4.69) is 14.9 Å². The van der Waals surface area contributed by atoms with Crippen LogP contribution in [-0.2, 0) is 0 Å². The molecule has 1 aliphatic rings. The number of nitrogens with one attached hydrogen (secondary N) is 1. The van der Waals surface area contributed by atoms with Crippen LogP contribution in [0.2, 0.25) is 0 Å². The molecule has 0 bridgehead atoms. The molecule has 27 heavy (non-hydrogen) atoms. The number of H-pyrrole nitrogens is 1. The summed E-state index contributed by atoms with van der Waals surface area (Å²) in [5.41, 5.74) is 1.40. The summed E-state index contributed by atoms with van der Waals surface area (Å²) >= 11 is 0. The third kappa shape index (κ3) is 3.14. The summed E-state index contributed by atoms with van der Waals surface area (Å²) in [6.45, 7) is 2.55. The number of hydrogen-bond acceptors (Lipinski definition) is 7. The Morgan fingerprint density at radius 3 is 2.41 bits per heavy atom. The number of anilines is 2. The second-order valence-corrected chi connectivity index (χ2v) is 6.34. The number of benzene rings is 2. The predicted molar refractivity (Wildman–Crippen MR) is 102 cm³/mol. The van der Waals surface area contributed by atoms with Crippen LogP contribution in [0, 0.1) is 10.1 Å². The van der Waals surface area contributed by atoms with E-state index < -0.39 is 10.5 Å². The van der Waals surface area contributed by atoms with E-state index in [1.807, 2.05) is 17.0 Å². The number of piperazine rings is 1. The minimum Gasteiger partial charge on any atom is -0.508 e. The first-order valence-corrected chi connectivity index (χ1v) is 8.48. The Morgan fingerprint density at radius 2 is 1.74 bits per heavy atom. The summed E-state index contributed by atoms with van der Waals surface area (Å²) in [6.07, 6.45) is 1.29. The molecule has 1 saturated heterocycles. The maximum Gasteiger partial charge on any atom is 0.293 e. The van der Waals surface area contributed by atoms with E-state index >= 15 is 0 Å². The van der Waals surface area contributed by atoms with Gasteiger partial charge in [0.2, 0.25) is 0 Å². The molecule has 0 radical (unpaired) electrons. The van der Waals surface area contributed by atoms with Crippen molar-refractivity contribution < 1.29 is 10.0 Å². The summed E-state index contributed by atoms with van der Waals surface area (Å²) in [5, 5.41) is 21.2. The maximum absolute atomic E-state index is 11.9. The maximum atomic E-state index is 11.9. The summed E-state index contributed by atoms with van der Waals surface area (Å²) in [5.74, 6) is 0.215. The minimum atomic E-state index is -0.465. The van der Waals surface area contributed by atoms with Crippen molar-refractivity contribution in [2.45, 2.75) is 0 Å². The van der Waals surface area contributed by atoms with Crippen LogP contribution >= 0.6 is 0 Å². The number of nitro benzene ring substituents is 1. The van der Waals surface area contributed by atoms with Crippen LogP contribution < -0.4 is 15.4 Å². The second kappa shape index (κ2) is 6.60. The lowest BCUT2D eigenvalue weighted by molar-refractivity contribution is -0.384. The van der Waals surface area contributed by atoms with Crippen LogP contribution in [0.3, 0.4) is 0 Å². The van der Waals surface area contributed by atoms with E-state index in [1.54, 1.807) is 18.2 Å². The Kier molecular flexibility index (Phi) is 4.11. The van der Waals surface area contributed by atoms with E-state index in [-0.39, 0.29) is 16.8 Å². The zero-order valence-corrected chi connectivity index (χ0v) is 14.3. The molecule has 1 aromatic heterocycles. The van der Waals surface area contributed by atoms with E-state index in [0.717, 1.165) is 5.69 Å². The van der Waals surface area contributed by atoms with Gasteiger partial charge in [-0.15, -0.1) is 0 Å². The Labute approximate surface area is 153 Å². The lowest BCUT2D eigenvalue weighted by atomic mass is 10.1. The average Bonchev–Trinajstić information content (AvgIpc) is 2.68. The fourth-order valence-corrected chi connectivity index (χ4v) is 3.36. The molecule has 2 aromatic carbocycles. The monoisotopic (exact) mass is 367 g/mol. The third-order valence-electron chi connectivity index (χ3n) is 4.77. The molecule has 4 rings (SSSR count). The van der Waals surface area contributed by atoms with Gasteiger partial charge in [-0.1, -0.05) is 0 Å². The van der Waals surface area contributed by atoms with Crippen LogP contribution in [0.15, 0.2) is 47.5 Å². The van der Waals surface area contributed by atoms with E-state index in [9.17, 15) is 20.0 Å². The van der Waals surface area contributed by atoms with Crippen molar-refractivity contribution in [2.75, 3.05) is 36.0 Å². The molecule has 0 unspecified atom stereocenters. The largest absolute Gasteiger partial charge is 0.508 e. The number of fused-ring (bicyclic) bond motifs is 1. The molecule has 1 fully saturated rings. The number of phenolic OH excluding ortho intramolecular Hbond substituents is 1. The highest BCUT2D eigenvalue weighted by Crippen LogP contribution is 2.32. The smallest absolute Gasteiger partial charge is 0.293 e. The van der Waals surface area contributed by atoms with Gasteiger partial charge in [0.25, 0.3) is 11.2 Å². The van der Waals surface area contributed by atoms with Crippen LogP contribution in [-0.4, -0.2) is 46.2 Å². The zero-order valence-electron chi connectivity index (χ0n) is 14.3. The van der Waals surface area contributed by atoms with E-state index in [1.165, 1.54) is 12.4 Å². The van der Waals surface area contributed by atoms with Gasteiger partial charge in [0.05, 0.1) is 22.2 Å². The van der Waals surface area contributed by atoms with Crippen molar-refractivity contribution in [3.63, 3.8) is 0 Å². The van der Waals surface area contributed by atoms with Gasteiger partial charge in [-0.05, 0) is 30.3 Å². The van der Waals surface area contributed by atoms with Crippen molar-refractivity contribution >= 4 is 28.0 Å². The lowest BCUT2D eigenvalue weighted by Gasteiger charge is -2.37. The normalized spacial score (nSPS) is 14.5. The Hall–Kier alpha value is -3.62. The quantitative estimate of drug-likeness (QED) is 0.536. The highest BCUT2D eigenvalue weighted by Gasteiger charge is 2.25. The number of nitrogens with zero attached hydrogens (tertiary/aromatic N) is 4. The summed E-state index contributed by atoms with van der Waals surface area (Å²) in [6, 6.07) is 9.87. The topological polar surface area (TPSA) is 116 Å². The predicted octanol–water partition coefficient (Wildman–Crippen LogP) is 1.86. The van der Waals surface area contributed by atoms with Crippen LogP contribution in [0.1, 0.15) is 0 Å². The Morgan fingerprint density at radius 1 is 1.07 bits per heavy atom. The average molecular weight is 367 g/mol. The van der Waals surface area contributed by atoms with Gasteiger partial charge < -0.3 is 19.9 Å². The molecule has 2 heterocycles. The second-order valence-electron chi connectivity index (χ2n) is 6.34. The molecule has 9 nitrogen and oxygen atoms in total. The molecule has 0 saturated carbocycles. The van der Waals surface area contributed by atoms with E-state index in [4.69, 9.17) is 0 Å². The molecular formula is C18H17N5O4. The standard InChI is InChI=1S/C18H17N5O4/c24-13-3-1-12(2-4-13)21-5-7-22(8-6-21)16-10-15-14(9-17(16)23(26)27)18(25)20-11-19-15/h1-4,9-11,24H,5-8H2,(H,19,20,25). The molecule has 2 N–H and O–H groups in total. The number of rotatable bonds is 3. The van der Waals surface area contributed by atoms with Crippen molar-refractivity contribution in [2.24, 2.45) is 0 Å². The first-order valence-electron chi connectivity index (χ1n) is 8.48. The zero-order chi connectivity index (χ0) is 19.0. The van der Waals surface area contributed by atoms with Crippen molar-refractivity contribution in [3.8, 4) is 5.75 Å². The fraction of sp³-hybridized carbons (Fsp3) is 0.222. The number of phenols is 1. The molecule has 9 heteroatoms. The van der Waals surface area contributed by atoms with Crippen molar-refractivity contribution in [3.05, 3.63) is 63.2 Å². The number of aromatic amines is 1. The molecule has 0 atom stereocenters. The molecule has 1 aliphatic heterocycles. The first kappa shape index (κ1) is 16.8. The summed E-state index contributed by atoms with van der Waals surface area (Å²) in [7, 11) is 0. The first-order chi connectivity index (χ1) is 13.0. The van der Waals surface area contributed by atoms with Gasteiger partial charge in [-0.2, -0.15) is 0 Å². The molecule has 0 spiro atoms. The van der Waals surface area contributed by atoms with Gasteiger partial charge in [-0.3, -0.25) is 14.9 Å². The highest BCUT2D eigenvalue weighted by molar-refractivity contribution is 5.87. The van der Waals surface area contributed by atoms with Crippen LogP contribution in [0.5, 0.6) is 5.75 Å². The van der Waals surface area contributed by atoms with Gasteiger partial charge in [-0.25, -0.2) is 4.98 Å². The van der Waals surface area contributed by atoms with Gasteiger partial charge in [0.15, 0.2) is 0 Å². The molecular weight excluding hydrogens is 350 g/mol. The molecule has 138 valence electrons. The van der Waals surface area contributed by atoms with Gasteiger partial charge in [0.1, 0.15) is 11.4 Å². The van der Waals surface area contributed by atoms with Crippen LogP contribution in [0.25, 0.3) is 10.9 Å². The van der Waals surface area contributed by atoms with Crippen LogP contribution in [0.4, 0.5) is 17.1 Å². The molecule has 3 aromatic rings. The molecule has 0 aliphatic carbocycles. The number of nitro groups is 1. The summed E-state index contributed by atoms with van der Waals surface area (Å²) in [4.78, 5) is 33.7. The fourth-order valence-electron chi connectivity index (χ4n) is 3.36. The Bertz CT molecular complexity index is 1060. The number of aromatic hydroxyl groups is 1. The Balaban J connectivity index is 1.63. The van der Waals surface area contributed by atoms with E-state index in [0.29, 0.717) is 37.4 Å². The lowest BCUT2D eigenvalue weighted by Crippen LogP contribution is -2.46. The van der Waals surface area contributed by atoms with Gasteiger partial charge in [0, 0.05) is 37.9 Å². The van der Waals surface area contributed by atoms with Crippen molar-refractivity contribution in [1.29, 1.82) is 0 Å². The van der Waals surface area contributed by atoms with Crippen molar-refractivity contribution in [1.82, 2.24) is 9.97 Å².